The van der Waals surface area contributed by atoms with Crippen molar-refractivity contribution in [2.45, 2.75) is 26.9 Å². The highest BCUT2D eigenvalue weighted by Gasteiger charge is 2.34. The van der Waals surface area contributed by atoms with E-state index in [1.165, 1.54) is 16.7 Å². The van der Waals surface area contributed by atoms with Crippen LogP contribution in [0, 0.1) is 20.8 Å². The lowest BCUT2D eigenvalue weighted by Crippen LogP contribution is -2.15. The lowest BCUT2D eigenvalue weighted by atomic mass is 10.1. The van der Waals surface area contributed by atoms with Gasteiger partial charge in [0.1, 0.15) is 0 Å². The molecule has 3 rings (SSSR count). The number of aromatic nitrogens is 1. The zero-order chi connectivity index (χ0) is 20.6. The van der Waals surface area contributed by atoms with Gasteiger partial charge >= 0.3 is 6.18 Å². The number of aryl methyl sites for hydroxylation is 2. The van der Waals surface area contributed by atoms with Crippen LogP contribution in [0.2, 0.25) is 0 Å². The van der Waals surface area contributed by atoms with Crippen molar-refractivity contribution in [3.05, 3.63) is 81.1 Å². The first-order chi connectivity index (χ1) is 13.1. The summed E-state index contributed by atoms with van der Waals surface area (Å²) in [5, 5.41) is 2.81. The molecular formula is C21H18BrF3N2O. The molecule has 1 amide bonds. The molecule has 28 heavy (non-hydrogen) atoms. The highest BCUT2D eigenvalue weighted by molar-refractivity contribution is 9.10. The molecule has 0 saturated heterocycles. The third kappa shape index (κ3) is 3.85. The first kappa shape index (κ1) is 20.2. The van der Waals surface area contributed by atoms with Gasteiger partial charge in [-0.05, 0) is 62.7 Å². The fraction of sp³-hybridized carbons (Fsp3) is 0.190. The lowest BCUT2D eigenvalue weighted by molar-refractivity contribution is -0.137. The first-order valence-electron chi connectivity index (χ1n) is 8.52. The van der Waals surface area contributed by atoms with Crippen molar-refractivity contribution in [1.82, 2.24) is 4.57 Å². The van der Waals surface area contributed by atoms with Crippen LogP contribution in [0.1, 0.15) is 32.9 Å². The van der Waals surface area contributed by atoms with Gasteiger partial charge in [0.2, 0.25) is 0 Å². The molecule has 0 aliphatic carbocycles. The van der Waals surface area contributed by atoms with Gasteiger partial charge in [0, 0.05) is 21.5 Å². The summed E-state index contributed by atoms with van der Waals surface area (Å²) in [7, 11) is 0. The number of hydrogen-bond acceptors (Lipinski definition) is 1. The monoisotopic (exact) mass is 450 g/mol. The highest BCUT2D eigenvalue weighted by atomic mass is 79.9. The molecule has 0 aliphatic heterocycles. The summed E-state index contributed by atoms with van der Waals surface area (Å²) in [6.45, 7) is 5.22. The topological polar surface area (TPSA) is 34.0 Å². The maximum Gasteiger partial charge on any atom is 0.418 e. The Balaban J connectivity index is 2.01. The van der Waals surface area contributed by atoms with Crippen LogP contribution in [0.15, 0.2) is 53.0 Å². The Morgan fingerprint density at radius 3 is 2.36 bits per heavy atom. The average molecular weight is 451 g/mol. The van der Waals surface area contributed by atoms with Crippen molar-refractivity contribution in [1.29, 1.82) is 0 Å². The van der Waals surface area contributed by atoms with Crippen LogP contribution in [-0.4, -0.2) is 10.5 Å². The minimum absolute atomic E-state index is 0.00327. The number of rotatable bonds is 3. The normalized spacial score (nSPS) is 11.5. The van der Waals surface area contributed by atoms with Crippen molar-refractivity contribution in [3.63, 3.8) is 0 Å². The highest BCUT2D eigenvalue weighted by Crippen LogP contribution is 2.35. The molecule has 0 aliphatic rings. The van der Waals surface area contributed by atoms with E-state index >= 15 is 0 Å². The molecule has 146 valence electrons. The number of halogens is 4. The Labute approximate surface area is 169 Å². The summed E-state index contributed by atoms with van der Waals surface area (Å²) in [5.41, 5.74) is 2.16. The molecule has 0 radical (unpaired) electrons. The molecule has 0 atom stereocenters. The molecule has 0 spiro atoms. The summed E-state index contributed by atoms with van der Waals surface area (Å²) in [5.74, 6) is -0.370. The molecule has 0 unspecified atom stereocenters. The SMILES string of the molecule is Cc1cc(NC(=O)c2cc(C)n(-c3ccccc3C(F)(F)F)c2C)ccc1Br. The molecule has 2 aromatic carbocycles. The average Bonchev–Trinajstić information content (AvgIpc) is 2.92. The van der Waals surface area contributed by atoms with Crippen molar-refractivity contribution < 1.29 is 18.0 Å². The molecule has 3 nitrogen and oxygen atoms in total. The maximum atomic E-state index is 13.4. The Morgan fingerprint density at radius 2 is 1.71 bits per heavy atom. The standard InChI is InChI=1S/C21H18BrF3N2O/c1-12-10-15(8-9-18(12)22)26-20(28)16-11-13(2)27(14(16)3)19-7-5-4-6-17(19)21(23,24)25/h4-11H,1-3H3,(H,26,28). The number of nitrogens with one attached hydrogen (secondary N) is 1. The summed E-state index contributed by atoms with van der Waals surface area (Å²) >= 11 is 3.41. The van der Waals surface area contributed by atoms with Crippen LogP contribution < -0.4 is 5.32 Å². The van der Waals surface area contributed by atoms with Gasteiger partial charge in [-0.3, -0.25) is 4.79 Å². The van der Waals surface area contributed by atoms with E-state index in [0.29, 0.717) is 22.6 Å². The van der Waals surface area contributed by atoms with Crippen molar-refractivity contribution in [2.24, 2.45) is 0 Å². The zero-order valence-corrected chi connectivity index (χ0v) is 17.1. The second kappa shape index (κ2) is 7.47. The Kier molecular flexibility index (Phi) is 5.39. The number of amides is 1. The quantitative estimate of drug-likeness (QED) is 0.489. The van der Waals surface area contributed by atoms with Crippen LogP contribution in [-0.2, 0) is 6.18 Å². The Hall–Kier alpha value is -2.54. The number of para-hydroxylation sites is 1. The predicted octanol–water partition coefficient (Wildman–Crippen LogP) is 6.44. The van der Waals surface area contributed by atoms with E-state index in [1.54, 1.807) is 32.0 Å². The first-order valence-corrected chi connectivity index (χ1v) is 9.32. The number of anilines is 1. The van der Waals surface area contributed by atoms with Gasteiger partial charge in [-0.2, -0.15) is 13.2 Å². The van der Waals surface area contributed by atoms with Gasteiger partial charge in [-0.1, -0.05) is 28.1 Å². The number of benzene rings is 2. The predicted molar refractivity (Wildman–Crippen MR) is 107 cm³/mol. The summed E-state index contributed by atoms with van der Waals surface area (Å²) in [4.78, 5) is 12.8. The molecule has 1 aromatic heterocycles. The van der Waals surface area contributed by atoms with Gasteiger partial charge < -0.3 is 9.88 Å². The van der Waals surface area contributed by atoms with Crippen molar-refractivity contribution in [3.8, 4) is 5.69 Å². The van der Waals surface area contributed by atoms with Gasteiger partial charge in [0.15, 0.2) is 0 Å². The molecular weight excluding hydrogens is 433 g/mol. The van der Waals surface area contributed by atoms with Crippen molar-refractivity contribution in [2.75, 3.05) is 5.32 Å². The van der Waals surface area contributed by atoms with E-state index in [0.717, 1.165) is 16.1 Å². The minimum atomic E-state index is -4.49. The number of nitrogens with zero attached hydrogens (tertiary/aromatic N) is 1. The van der Waals surface area contributed by atoms with Crippen LogP contribution in [0.4, 0.5) is 18.9 Å². The second-order valence-electron chi connectivity index (χ2n) is 6.55. The fourth-order valence-corrected chi connectivity index (χ4v) is 3.44. The number of hydrogen-bond donors (Lipinski definition) is 1. The summed E-state index contributed by atoms with van der Waals surface area (Å²) in [6.07, 6.45) is -4.49. The smallest absolute Gasteiger partial charge is 0.322 e. The van der Waals surface area contributed by atoms with Crippen LogP contribution in [0.3, 0.4) is 0 Å². The Bertz CT molecular complexity index is 1050. The fourth-order valence-electron chi connectivity index (χ4n) is 3.19. The summed E-state index contributed by atoms with van der Waals surface area (Å²) < 4.78 is 42.7. The van der Waals surface area contributed by atoms with Crippen LogP contribution in [0.25, 0.3) is 5.69 Å². The molecule has 7 heteroatoms. The molecule has 1 heterocycles. The van der Waals surface area contributed by atoms with Gasteiger partial charge in [0.25, 0.3) is 5.91 Å². The van der Waals surface area contributed by atoms with E-state index in [9.17, 15) is 18.0 Å². The van der Waals surface area contributed by atoms with E-state index in [4.69, 9.17) is 0 Å². The lowest BCUT2D eigenvalue weighted by Gasteiger charge is -2.17. The number of alkyl halides is 3. The largest absolute Gasteiger partial charge is 0.418 e. The zero-order valence-electron chi connectivity index (χ0n) is 15.5. The van der Waals surface area contributed by atoms with E-state index in [1.807, 2.05) is 19.1 Å². The summed E-state index contributed by atoms with van der Waals surface area (Å²) in [6, 6.07) is 12.4. The van der Waals surface area contributed by atoms with Gasteiger partial charge in [-0.25, -0.2) is 0 Å². The number of carbonyl (C=O) groups excluding carboxylic acids is 1. The third-order valence-electron chi connectivity index (χ3n) is 4.54. The Morgan fingerprint density at radius 1 is 1.04 bits per heavy atom. The molecule has 0 bridgehead atoms. The van der Waals surface area contributed by atoms with Crippen LogP contribution >= 0.6 is 15.9 Å². The van der Waals surface area contributed by atoms with Gasteiger partial charge in [-0.15, -0.1) is 0 Å². The number of carbonyl (C=O) groups is 1. The molecule has 3 aromatic rings. The maximum absolute atomic E-state index is 13.4. The van der Waals surface area contributed by atoms with Gasteiger partial charge in [0.05, 0.1) is 16.8 Å². The van der Waals surface area contributed by atoms with E-state index < -0.39 is 11.7 Å². The molecule has 0 saturated carbocycles. The minimum Gasteiger partial charge on any atom is -0.322 e. The third-order valence-corrected chi connectivity index (χ3v) is 5.43. The second-order valence-corrected chi connectivity index (χ2v) is 7.41. The van der Waals surface area contributed by atoms with E-state index in [2.05, 4.69) is 21.2 Å². The van der Waals surface area contributed by atoms with E-state index in [-0.39, 0.29) is 11.6 Å². The van der Waals surface area contributed by atoms with Crippen LogP contribution in [0.5, 0.6) is 0 Å². The molecule has 1 N–H and O–H groups in total. The van der Waals surface area contributed by atoms with Crippen molar-refractivity contribution >= 4 is 27.5 Å². The molecule has 0 fully saturated rings.